The van der Waals surface area contributed by atoms with E-state index in [9.17, 15) is 8.78 Å². The van der Waals surface area contributed by atoms with E-state index in [1.54, 1.807) is 7.05 Å². The predicted octanol–water partition coefficient (Wildman–Crippen LogP) is 1.34. The number of aryl methyl sites for hydroxylation is 1. The Bertz CT molecular complexity index is 487. The molecule has 0 spiro atoms. The number of rotatable bonds is 1. The Labute approximate surface area is 84.4 Å². The topological polar surface area (TPSA) is 56.7 Å². The predicted molar refractivity (Wildman–Crippen MR) is 50.8 cm³/mol. The standard InChI is InChI=1S/C9H8F2N4/c1-15-9(12)13-8(14-15)6-4-5(10)2-3-7(6)11/h2-4H,1H3,(H2,12,13,14). The summed E-state index contributed by atoms with van der Waals surface area (Å²) >= 11 is 0. The van der Waals surface area contributed by atoms with Gasteiger partial charge < -0.3 is 5.73 Å². The quantitative estimate of drug-likeness (QED) is 0.772. The van der Waals surface area contributed by atoms with Crippen LogP contribution in [0.15, 0.2) is 18.2 Å². The van der Waals surface area contributed by atoms with Crippen LogP contribution >= 0.6 is 0 Å². The third-order valence-electron chi connectivity index (χ3n) is 1.97. The fourth-order valence-electron chi connectivity index (χ4n) is 1.18. The molecular formula is C9H8F2N4. The van der Waals surface area contributed by atoms with Crippen LogP contribution in [0.3, 0.4) is 0 Å². The number of nitrogens with two attached hydrogens (primary N) is 1. The third kappa shape index (κ3) is 1.65. The van der Waals surface area contributed by atoms with Crippen molar-refractivity contribution >= 4 is 5.95 Å². The maximum absolute atomic E-state index is 13.3. The van der Waals surface area contributed by atoms with Crippen LogP contribution in [-0.4, -0.2) is 14.8 Å². The summed E-state index contributed by atoms with van der Waals surface area (Å²) in [6.07, 6.45) is 0. The van der Waals surface area contributed by atoms with Crippen LogP contribution in [0.2, 0.25) is 0 Å². The van der Waals surface area contributed by atoms with Crippen molar-refractivity contribution in [2.45, 2.75) is 0 Å². The molecule has 4 nitrogen and oxygen atoms in total. The highest BCUT2D eigenvalue weighted by Gasteiger charge is 2.12. The van der Waals surface area contributed by atoms with Crippen LogP contribution < -0.4 is 5.73 Å². The monoisotopic (exact) mass is 210 g/mol. The second kappa shape index (κ2) is 3.30. The van der Waals surface area contributed by atoms with E-state index in [2.05, 4.69) is 10.1 Å². The Kier molecular flexibility index (Phi) is 2.11. The largest absolute Gasteiger partial charge is 0.368 e. The molecule has 1 aromatic heterocycles. The average molecular weight is 210 g/mol. The van der Waals surface area contributed by atoms with Gasteiger partial charge in [-0.05, 0) is 18.2 Å². The zero-order valence-corrected chi connectivity index (χ0v) is 7.91. The van der Waals surface area contributed by atoms with Crippen molar-refractivity contribution in [3.8, 4) is 11.4 Å². The Balaban J connectivity index is 2.58. The summed E-state index contributed by atoms with van der Waals surface area (Å²) in [5.74, 6) is -0.903. The highest BCUT2D eigenvalue weighted by molar-refractivity contribution is 5.56. The van der Waals surface area contributed by atoms with Crippen molar-refractivity contribution in [1.82, 2.24) is 14.8 Å². The van der Waals surface area contributed by atoms with E-state index in [0.717, 1.165) is 18.2 Å². The molecule has 1 heterocycles. The van der Waals surface area contributed by atoms with Crippen LogP contribution in [0.25, 0.3) is 11.4 Å². The van der Waals surface area contributed by atoms with Gasteiger partial charge in [0.2, 0.25) is 5.95 Å². The first-order chi connectivity index (χ1) is 7.08. The summed E-state index contributed by atoms with van der Waals surface area (Å²) in [6.45, 7) is 0. The number of hydrogen-bond acceptors (Lipinski definition) is 3. The minimum absolute atomic E-state index is 0.00213. The second-order valence-corrected chi connectivity index (χ2v) is 3.04. The van der Waals surface area contributed by atoms with Gasteiger partial charge in [-0.25, -0.2) is 13.5 Å². The molecule has 0 saturated heterocycles. The maximum Gasteiger partial charge on any atom is 0.218 e. The molecule has 2 aromatic rings. The summed E-state index contributed by atoms with van der Waals surface area (Å²) in [4.78, 5) is 3.81. The van der Waals surface area contributed by atoms with Crippen LogP contribution in [0.4, 0.5) is 14.7 Å². The van der Waals surface area contributed by atoms with Gasteiger partial charge >= 0.3 is 0 Å². The lowest BCUT2D eigenvalue weighted by Crippen LogP contribution is -1.97. The molecular weight excluding hydrogens is 202 g/mol. The number of halogens is 2. The fraction of sp³-hybridized carbons (Fsp3) is 0.111. The molecule has 0 atom stereocenters. The van der Waals surface area contributed by atoms with E-state index in [-0.39, 0.29) is 17.3 Å². The van der Waals surface area contributed by atoms with Gasteiger partial charge in [-0.1, -0.05) is 0 Å². The lowest BCUT2D eigenvalue weighted by Gasteiger charge is -1.97. The van der Waals surface area contributed by atoms with E-state index in [4.69, 9.17) is 5.73 Å². The third-order valence-corrected chi connectivity index (χ3v) is 1.97. The van der Waals surface area contributed by atoms with E-state index >= 15 is 0 Å². The number of benzene rings is 1. The summed E-state index contributed by atoms with van der Waals surface area (Å²) in [5, 5.41) is 3.86. The van der Waals surface area contributed by atoms with E-state index in [1.165, 1.54) is 4.68 Å². The van der Waals surface area contributed by atoms with Crippen LogP contribution in [-0.2, 0) is 7.05 Å². The molecule has 78 valence electrons. The molecule has 0 radical (unpaired) electrons. The number of anilines is 1. The van der Waals surface area contributed by atoms with Gasteiger partial charge in [-0.3, -0.25) is 0 Å². The van der Waals surface area contributed by atoms with Crippen molar-refractivity contribution < 1.29 is 8.78 Å². The fourth-order valence-corrected chi connectivity index (χ4v) is 1.18. The first-order valence-electron chi connectivity index (χ1n) is 4.20. The Morgan fingerprint density at radius 1 is 1.33 bits per heavy atom. The van der Waals surface area contributed by atoms with Gasteiger partial charge in [0.15, 0.2) is 5.82 Å². The van der Waals surface area contributed by atoms with Gasteiger partial charge in [0, 0.05) is 7.05 Å². The molecule has 6 heteroatoms. The van der Waals surface area contributed by atoms with Gasteiger partial charge in [-0.2, -0.15) is 4.98 Å². The van der Waals surface area contributed by atoms with Gasteiger partial charge in [0.05, 0.1) is 5.56 Å². The molecule has 0 aliphatic heterocycles. The molecule has 2 N–H and O–H groups in total. The van der Waals surface area contributed by atoms with Crippen LogP contribution in [0, 0.1) is 11.6 Å². The van der Waals surface area contributed by atoms with Gasteiger partial charge in [0.1, 0.15) is 11.6 Å². The Morgan fingerprint density at radius 2 is 2.07 bits per heavy atom. The summed E-state index contributed by atoms with van der Waals surface area (Å²) in [6, 6.07) is 3.09. The minimum Gasteiger partial charge on any atom is -0.368 e. The molecule has 0 unspecified atom stereocenters. The van der Waals surface area contributed by atoms with Crippen molar-refractivity contribution in [2.75, 3.05) is 5.73 Å². The van der Waals surface area contributed by atoms with E-state index in [0.29, 0.717) is 0 Å². The van der Waals surface area contributed by atoms with Crippen molar-refractivity contribution in [3.63, 3.8) is 0 Å². The second-order valence-electron chi connectivity index (χ2n) is 3.04. The molecule has 0 aliphatic carbocycles. The van der Waals surface area contributed by atoms with E-state index < -0.39 is 11.6 Å². The zero-order chi connectivity index (χ0) is 11.0. The Morgan fingerprint density at radius 3 is 2.67 bits per heavy atom. The Hall–Kier alpha value is -1.98. The first-order valence-corrected chi connectivity index (χ1v) is 4.20. The molecule has 0 amide bonds. The average Bonchev–Trinajstić information content (AvgIpc) is 2.51. The van der Waals surface area contributed by atoms with Crippen LogP contribution in [0.5, 0.6) is 0 Å². The van der Waals surface area contributed by atoms with E-state index in [1.807, 2.05) is 0 Å². The molecule has 1 aromatic carbocycles. The molecule has 0 fully saturated rings. The maximum atomic E-state index is 13.3. The number of nitrogen functional groups attached to an aromatic ring is 1. The van der Waals surface area contributed by atoms with Crippen molar-refractivity contribution in [2.24, 2.45) is 7.05 Å². The van der Waals surface area contributed by atoms with Crippen molar-refractivity contribution in [1.29, 1.82) is 0 Å². The van der Waals surface area contributed by atoms with Crippen molar-refractivity contribution in [3.05, 3.63) is 29.8 Å². The summed E-state index contributed by atoms with van der Waals surface area (Å²) in [5.41, 5.74) is 5.44. The highest BCUT2D eigenvalue weighted by atomic mass is 19.1. The molecule has 0 saturated carbocycles. The lowest BCUT2D eigenvalue weighted by atomic mass is 10.2. The normalized spacial score (nSPS) is 10.6. The summed E-state index contributed by atoms with van der Waals surface area (Å²) in [7, 11) is 1.57. The smallest absolute Gasteiger partial charge is 0.218 e. The van der Waals surface area contributed by atoms with Gasteiger partial charge in [0.25, 0.3) is 0 Å². The molecule has 2 rings (SSSR count). The lowest BCUT2D eigenvalue weighted by molar-refractivity contribution is 0.602. The number of nitrogens with zero attached hydrogens (tertiary/aromatic N) is 3. The minimum atomic E-state index is -0.581. The first kappa shape index (κ1) is 9.57. The highest BCUT2D eigenvalue weighted by Crippen LogP contribution is 2.20. The zero-order valence-electron chi connectivity index (χ0n) is 7.91. The van der Waals surface area contributed by atoms with Crippen LogP contribution in [0.1, 0.15) is 0 Å². The molecule has 0 aliphatic rings. The number of aromatic nitrogens is 3. The SMILES string of the molecule is Cn1nc(-c2cc(F)ccc2F)nc1N. The molecule has 0 bridgehead atoms. The molecule has 15 heavy (non-hydrogen) atoms. The summed E-state index contributed by atoms with van der Waals surface area (Å²) < 4.78 is 27.5. The van der Waals surface area contributed by atoms with Gasteiger partial charge in [-0.15, -0.1) is 5.10 Å². The number of hydrogen-bond donors (Lipinski definition) is 1.